The first kappa shape index (κ1) is 18.9. The average molecular weight is 328 g/mol. The van der Waals surface area contributed by atoms with Crippen LogP contribution in [0.3, 0.4) is 0 Å². The van der Waals surface area contributed by atoms with Gasteiger partial charge in [-0.25, -0.2) is 4.79 Å². The van der Waals surface area contributed by atoms with E-state index in [1.807, 2.05) is 0 Å². The van der Waals surface area contributed by atoms with Crippen LogP contribution in [0.5, 0.6) is 0 Å². The number of Topliss-reactive ketones (excluding diaryl/α,β-unsaturated/α-hetero) is 1. The van der Waals surface area contributed by atoms with Crippen LogP contribution in [0.25, 0.3) is 0 Å². The topological polar surface area (TPSA) is 102 Å². The monoisotopic (exact) mass is 328 g/mol. The molecular formula is C15H24N2O6. The van der Waals surface area contributed by atoms with E-state index in [0.717, 1.165) is 12.8 Å². The number of likely N-dealkylation sites (N-methyl/N-ethyl adjacent to an activating group) is 1. The van der Waals surface area contributed by atoms with Crippen molar-refractivity contribution in [3.63, 3.8) is 0 Å². The van der Waals surface area contributed by atoms with Crippen molar-refractivity contribution in [1.29, 1.82) is 0 Å². The lowest BCUT2D eigenvalue weighted by Gasteiger charge is -2.29. The van der Waals surface area contributed by atoms with Gasteiger partial charge in [-0.2, -0.15) is 0 Å². The van der Waals surface area contributed by atoms with Gasteiger partial charge in [0.05, 0.1) is 6.04 Å². The van der Waals surface area contributed by atoms with E-state index in [1.54, 1.807) is 13.8 Å². The number of nitrogens with zero attached hydrogens (tertiary/aromatic N) is 1. The summed E-state index contributed by atoms with van der Waals surface area (Å²) < 4.78 is 9.51. The van der Waals surface area contributed by atoms with Gasteiger partial charge < -0.3 is 19.7 Å². The summed E-state index contributed by atoms with van der Waals surface area (Å²) in [5.41, 5.74) is 0. The van der Waals surface area contributed by atoms with E-state index in [1.165, 1.54) is 11.9 Å². The molecule has 0 aliphatic heterocycles. The maximum atomic E-state index is 11.8. The normalized spacial score (nSPS) is 17.6. The van der Waals surface area contributed by atoms with Crippen molar-refractivity contribution in [1.82, 2.24) is 10.2 Å². The summed E-state index contributed by atoms with van der Waals surface area (Å²) in [4.78, 5) is 47.5. The molecule has 0 aromatic heterocycles. The van der Waals surface area contributed by atoms with Gasteiger partial charge in [-0.05, 0) is 12.8 Å². The molecule has 1 aliphatic carbocycles. The Labute approximate surface area is 135 Å². The molecule has 0 spiro atoms. The van der Waals surface area contributed by atoms with Crippen molar-refractivity contribution < 1.29 is 28.7 Å². The summed E-state index contributed by atoms with van der Waals surface area (Å²) >= 11 is 0. The van der Waals surface area contributed by atoms with E-state index < -0.39 is 24.9 Å². The molecule has 1 fully saturated rings. The molecule has 1 rings (SSSR count). The Morgan fingerprint density at radius 1 is 1.26 bits per heavy atom. The van der Waals surface area contributed by atoms with Crippen molar-refractivity contribution >= 4 is 23.8 Å². The van der Waals surface area contributed by atoms with Crippen molar-refractivity contribution in [2.45, 2.75) is 45.6 Å². The molecule has 130 valence electrons. The number of carbonyl (C=O) groups excluding carboxylic acids is 4. The second-order valence-corrected chi connectivity index (χ2v) is 5.76. The zero-order valence-electron chi connectivity index (χ0n) is 13.8. The van der Waals surface area contributed by atoms with E-state index in [4.69, 9.17) is 9.47 Å². The minimum absolute atomic E-state index is 0.0177. The number of rotatable bonds is 6. The highest BCUT2D eigenvalue weighted by Crippen LogP contribution is 2.19. The molecule has 8 heteroatoms. The Balaban J connectivity index is 2.26. The molecule has 0 bridgehead atoms. The van der Waals surface area contributed by atoms with E-state index >= 15 is 0 Å². The third-order valence-electron chi connectivity index (χ3n) is 3.61. The zero-order chi connectivity index (χ0) is 17.4. The minimum atomic E-state index is -0.718. The van der Waals surface area contributed by atoms with E-state index in [9.17, 15) is 19.2 Å². The molecule has 0 saturated heterocycles. The van der Waals surface area contributed by atoms with Crippen molar-refractivity contribution in [3.8, 4) is 0 Å². The molecule has 1 aliphatic rings. The predicted molar refractivity (Wildman–Crippen MR) is 80.3 cm³/mol. The van der Waals surface area contributed by atoms with Crippen LogP contribution in [0.1, 0.15) is 39.5 Å². The van der Waals surface area contributed by atoms with Gasteiger partial charge in [0.1, 0.15) is 6.54 Å². The second kappa shape index (κ2) is 9.12. The average Bonchev–Trinajstić information content (AvgIpc) is 2.52. The lowest BCUT2D eigenvalue weighted by molar-refractivity contribution is -0.152. The van der Waals surface area contributed by atoms with E-state index in [-0.39, 0.29) is 24.2 Å². The molecular weight excluding hydrogens is 304 g/mol. The van der Waals surface area contributed by atoms with Crippen LogP contribution in [0.2, 0.25) is 0 Å². The molecule has 0 aromatic carbocycles. The molecule has 1 unspecified atom stereocenters. The molecule has 0 radical (unpaired) electrons. The Morgan fingerprint density at radius 2 is 1.96 bits per heavy atom. The van der Waals surface area contributed by atoms with Crippen molar-refractivity contribution in [2.75, 3.05) is 20.4 Å². The summed E-state index contributed by atoms with van der Waals surface area (Å²) in [5, 5.41) is 2.39. The highest BCUT2D eigenvalue weighted by atomic mass is 16.7. The Morgan fingerprint density at radius 3 is 2.57 bits per heavy atom. The molecule has 23 heavy (non-hydrogen) atoms. The van der Waals surface area contributed by atoms with Crippen LogP contribution in [-0.4, -0.2) is 55.1 Å². The van der Waals surface area contributed by atoms with Crippen LogP contribution in [0.4, 0.5) is 4.79 Å². The van der Waals surface area contributed by atoms with Crippen LogP contribution >= 0.6 is 0 Å². The number of ketones is 1. The second-order valence-electron chi connectivity index (χ2n) is 5.76. The first-order valence-electron chi connectivity index (χ1n) is 7.68. The highest BCUT2D eigenvalue weighted by Gasteiger charge is 2.29. The van der Waals surface area contributed by atoms with E-state index in [2.05, 4.69) is 5.32 Å². The lowest BCUT2D eigenvalue weighted by Crippen LogP contribution is -2.44. The fourth-order valence-electron chi connectivity index (χ4n) is 2.16. The highest BCUT2D eigenvalue weighted by molar-refractivity contribution is 5.88. The summed E-state index contributed by atoms with van der Waals surface area (Å²) in [6.45, 7) is 2.56. The summed E-state index contributed by atoms with van der Waals surface area (Å²) in [5.74, 6) is -1.19. The number of hydrogen-bond acceptors (Lipinski definition) is 6. The third kappa shape index (κ3) is 6.25. The van der Waals surface area contributed by atoms with Crippen LogP contribution < -0.4 is 5.32 Å². The molecule has 0 heterocycles. The zero-order valence-corrected chi connectivity index (χ0v) is 13.8. The van der Waals surface area contributed by atoms with E-state index in [0.29, 0.717) is 12.8 Å². The smallest absolute Gasteiger partial charge is 0.413 e. The minimum Gasteiger partial charge on any atom is -0.426 e. The molecule has 1 atom stereocenters. The van der Waals surface area contributed by atoms with Crippen LogP contribution in [0.15, 0.2) is 0 Å². The maximum Gasteiger partial charge on any atom is 0.413 e. The quantitative estimate of drug-likeness (QED) is 0.572. The lowest BCUT2D eigenvalue weighted by atomic mass is 9.93. The van der Waals surface area contributed by atoms with Gasteiger partial charge >= 0.3 is 12.1 Å². The standard InChI is InChI=1S/C15H24N2O6/c1-10(2)14(20)16-8-13(19)22-9-23-15(21)17(3)11-6-4-5-7-12(11)18/h10-11H,4-9H2,1-3H3,(H,16,20). The van der Waals surface area contributed by atoms with Crippen molar-refractivity contribution in [3.05, 3.63) is 0 Å². The summed E-state index contributed by atoms with van der Waals surface area (Å²) in [7, 11) is 1.49. The molecule has 1 saturated carbocycles. The van der Waals surface area contributed by atoms with Gasteiger partial charge in [0.25, 0.3) is 0 Å². The number of amides is 2. The fraction of sp³-hybridized carbons (Fsp3) is 0.733. The van der Waals surface area contributed by atoms with Gasteiger partial charge in [0, 0.05) is 19.4 Å². The third-order valence-corrected chi connectivity index (χ3v) is 3.61. The Hall–Kier alpha value is -2.12. The van der Waals surface area contributed by atoms with Gasteiger partial charge in [0.15, 0.2) is 5.78 Å². The number of nitrogens with one attached hydrogen (secondary N) is 1. The van der Waals surface area contributed by atoms with Gasteiger partial charge in [-0.3, -0.25) is 14.4 Å². The first-order valence-corrected chi connectivity index (χ1v) is 7.68. The summed E-state index contributed by atoms with van der Waals surface area (Å²) in [6, 6.07) is -0.475. The molecule has 0 aromatic rings. The van der Waals surface area contributed by atoms with Crippen molar-refractivity contribution in [2.24, 2.45) is 5.92 Å². The van der Waals surface area contributed by atoms with Crippen LogP contribution in [-0.2, 0) is 23.9 Å². The largest absolute Gasteiger partial charge is 0.426 e. The number of carbonyl (C=O) groups is 4. The first-order chi connectivity index (χ1) is 10.8. The van der Waals surface area contributed by atoms with Crippen LogP contribution in [0, 0.1) is 5.92 Å². The molecule has 1 N–H and O–H groups in total. The Bertz CT molecular complexity index is 463. The molecule has 2 amide bonds. The Kier molecular flexibility index (Phi) is 7.50. The summed E-state index contributed by atoms with van der Waals surface area (Å²) in [6.07, 6.45) is 2.10. The van der Waals surface area contributed by atoms with Gasteiger partial charge in [-0.15, -0.1) is 0 Å². The number of hydrogen-bond donors (Lipinski definition) is 1. The maximum absolute atomic E-state index is 11.8. The molecule has 8 nitrogen and oxygen atoms in total. The number of ether oxygens (including phenoxy) is 2. The predicted octanol–water partition coefficient (Wildman–Crippen LogP) is 0.839. The number of esters is 1. The SMILES string of the molecule is CC(C)C(=O)NCC(=O)OCOC(=O)N(C)C1CCCCC1=O. The van der Waals surface area contributed by atoms with Gasteiger partial charge in [-0.1, -0.05) is 20.3 Å². The van der Waals surface area contributed by atoms with Gasteiger partial charge in [0.2, 0.25) is 12.7 Å². The fourth-order valence-corrected chi connectivity index (χ4v) is 2.16.